The molecule has 0 bridgehead atoms. The van der Waals surface area contributed by atoms with Gasteiger partial charge in [-0.15, -0.1) is 0 Å². The summed E-state index contributed by atoms with van der Waals surface area (Å²) in [7, 11) is 1.66. The molecule has 3 fully saturated rings. The number of fused-ring (bicyclic) bond motifs is 5. The van der Waals surface area contributed by atoms with Crippen LogP contribution in [0.1, 0.15) is 145 Å². The molecule has 5 nitrogen and oxygen atoms in total. The van der Waals surface area contributed by atoms with Crippen LogP contribution in [0.25, 0.3) is 0 Å². The minimum Gasteiger partial charge on any atom is -0.462 e. The van der Waals surface area contributed by atoms with E-state index in [1.807, 2.05) is 0 Å². The molecule has 44 heavy (non-hydrogen) atoms. The maximum atomic E-state index is 12.7. The molecule has 0 heterocycles. The number of allylic oxidation sites excluding steroid dienone is 1. The highest BCUT2D eigenvalue weighted by molar-refractivity contribution is 5.82. The highest BCUT2D eigenvalue weighted by Crippen LogP contribution is 2.67. The molecule has 5 heteroatoms. The van der Waals surface area contributed by atoms with Crippen LogP contribution in [0.4, 0.5) is 0 Å². The molecule has 8 atom stereocenters. The van der Waals surface area contributed by atoms with Crippen molar-refractivity contribution in [1.82, 2.24) is 0 Å². The van der Waals surface area contributed by atoms with Gasteiger partial charge in [-0.05, 0) is 104 Å². The first-order chi connectivity index (χ1) is 20.6. The average Bonchev–Trinajstić information content (AvgIpc) is 3.33. The van der Waals surface area contributed by atoms with Gasteiger partial charge in [-0.3, -0.25) is 9.59 Å². The van der Waals surface area contributed by atoms with Crippen LogP contribution in [-0.4, -0.2) is 44.8 Å². The van der Waals surface area contributed by atoms with E-state index in [0.29, 0.717) is 31.7 Å². The standard InChI is InChI=1S/C38H64O5.CH4/c1-27(2)10-9-11-28(3)33-16-17-34-32-15-13-29-26-31(19-21-37(29,4)35(32)20-22-38(33,34)5)43-36(40)18-14-30(39)12-7-8-23-42-25-24-41-6;/h13,27-28,31-35H,7-12,14-26H2,1-6H3;1H4/t28?,31-,32-,33+,34-,35-,37-,38+;/m0./s1. The minimum absolute atomic E-state index is 0. The summed E-state index contributed by atoms with van der Waals surface area (Å²) in [5.41, 5.74) is 2.33. The number of carbonyl (C=O) groups excluding carboxylic acids is 2. The predicted octanol–water partition coefficient (Wildman–Crippen LogP) is 9.76. The fourth-order valence-corrected chi connectivity index (χ4v) is 10.1. The Kier molecular flexibility index (Phi) is 14.5. The van der Waals surface area contributed by atoms with Gasteiger partial charge >= 0.3 is 5.97 Å². The zero-order chi connectivity index (χ0) is 31.0. The van der Waals surface area contributed by atoms with Gasteiger partial charge in [0.2, 0.25) is 0 Å². The number of ether oxygens (including phenoxy) is 3. The molecule has 0 radical (unpaired) electrons. The summed E-state index contributed by atoms with van der Waals surface area (Å²) in [5.74, 6) is 4.98. The lowest BCUT2D eigenvalue weighted by molar-refractivity contribution is -0.152. The van der Waals surface area contributed by atoms with E-state index in [0.717, 1.165) is 67.6 Å². The molecule has 4 aliphatic rings. The molecule has 4 aliphatic carbocycles. The van der Waals surface area contributed by atoms with Gasteiger partial charge in [0.05, 0.1) is 19.6 Å². The molecule has 0 saturated heterocycles. The smallest absolute Gasteiger partial charge is 0.306 e. The summed E-state index contributed by atoms with van der Waals surface area (Å²) >= 11 is 0. The molecule has 1 unspecified atom stereocenters. The second-order valence-corrected chi connectivity index (χ2v) is 15.7. The van der Waals surface area contributed by atoms with Crippen LogP contribution in [0.5, 0.6) is 0 Å². The number of methoxy groups -OCH3 is 1. The van der Waals surface area contributed by atoms with Gasteiger partial charge in [-0.25, -0.2) is 0 Å². The Balaban J connectivity index is 0.00000529. The Labute approximate surface area is 271 Å². The molecule has 0 N–H and O–H groups in total. The Hall–Kier alpha value is -1.20. The summed E-state index contributed by atoms with van der Waals surface area (Å²) in [6, 6.07) is 0. The van der Waals surface area contributed by atoms with Crippen molar-refractivity contribution in [3.05, 3.63) is 11.6 Å². The van der Waals surface area contributed by atoms with E-state index >= 15 is 0 Å². The Morgan fingerprint density at radius 1 is 0.886 bits per heavy atom. The third-order valence-electron chi connectivity index (χ3n) is 12.6. The highest BCUT2D eigenvalue weighted by atomic mass is 16.5. The Morgan fingerprint density at radius 3 is 2.43 bits per heavy atom. The number of hydrogen-bond acceptors (Lipinski definition) is 5. The van der Waals surface area contributed by atoms with E-state index in [2.05, 4.69) is 40.7 Å². The molecule has 0 amide bonds. The van der Waals surface area contributed by atoms with E-state index in [9.17, 15) is 9.59 Å². The van der Waals surface area contributed by atoms with Crippen LogP contribution in [0.15, 0.2) is 11.6 Å². The molecule has 0 aliphatic heterocycles. The number of ketones is 1. The van der Waals surface area contributed by atoms with E-state index in [1.54, 1.807) is 12.7 Å². The quantitative estimate of drug-likeness (QED) is 0.0925. The Morgan fingerprint density at radius 2 is 1.68 bits per heavy atom. The molecular weight excluding hydrogens is 548 g/mol. The number of Topliss-reactive ketones (excluding diaryl/α,β-unsaturated/α-hetero) is 1. The molecule has 254 valence electrons. The van der Waals surface area contributed by atoms with Crippen LogP contribution < -0.4 is 0 Å². The zero-order valence-electron chi connectivity index (χ0n) is 28.6. The number of rotatable bonds is 17. The first-order valence-electron chi connectivity index (χ1n) is 18.1. The predicted molar refractivity (Wildman–Crippen MR) is 180 cm³/mol. The van der Waals surface area contributed by atoms with Crippen LogP contribution in [0, 0.1) is 46.3 Å². The molecule has 0 aromatic heterocycles. The van der Waals surface area contributed by atoms with Crippen LogP contribution in [-0.2, 0) is 23.8 Å². The Bertz CT molecular complexity index is 941. The first kappa shape index (κ1) is 37.3. The average molecular weight is 617 g/mol. The number of esters is 1. The SMILES string of the molecule is C.COCCOCCCCC(=O)CCC(=O)O[C@H]1CC[C@@]2(C)C(=CC[C@H]3[C@@H]4CC[C@H](C(C)CCCC(C)C)[C@@]4(C)CC[C@@H]32)C1. The van der Waals surface area contributed by atoms with Crippen molar-refractivity contribution in [3.8, 4) is 0 Å². The summed E-state index contributed by atoms with van der Waals surface area (Å²) in [6.07, 6.45) is 19.2. The van der Waals surface area contributed by atoms with E-state index in [4.69, 9.17) is 14.2 Å². The van der Waals surface area contributed by atoms with Gasteiger partial charge in [0.15, 0.2) is 0 Å². The largest absolute Gasteiger partial charge is 0.462 e. The van der Waals surface area contributed by atoms with Crippen molar-refractivity contribution in [2.45, 2.75) is 151 Å². The van der Waals surface area contributed by atoms with Gasteiger partial charge in [-0.1, -0.05) is 73.0 Å². The van der Waals surface area contributed by atoms with Crippen LogP contribution >= 0.6 is 0 Å². The summed E-state index contributed by atoms with van der Waals surface area (Å²) in [5, 5.41) is 0. The van der Waals surface area contributed by atoms with Gasteiger partial charge in [0.25, 0.3) is 0 Å². The third-order valence-corrected chi connectivity index (χ3v) is 12.6. The molecule has 3 saturated carbocycles. The second kappa shape index (κ2) is 17.1. The van der Waals surface area contributed by atoms with Gasteiger partial charge < -0.3 is 14.2 Å². The third kappa shape index (κ3) is 8.99. The van der Waals surface area contributed by atoms with Crippen molar-refractivity contribution in [3.63, 3.8) is 0 Å². The zero-order valence-corrected chi connectivity index (χ0v) is 28.6. The first-order valence-corrected chi connectivity index (χ1v) is 18.1. The van der Waals surface area contributed by atoms with E-state index in [-0.39, 0.29) is 43.5 Å². The number of carbonyl (C=O) groups is 2. The van der Waals surface area contributed by atoms with E-state index < -0.39 is 0 Å². The summed E-state index contributed by atoms with van der Waals surface area (Å²) < 4.78 is 16.4. The highest BCUT2D eigenvalue weighted by Gasteiger charge is 2.59. The maximum Gasteiger partial charge on any atom is 0.306 e. The lowest BCUT2D eigenvalue weighted by Gasteiger charge is -2.58. The summed E-state index contributed by atoms with van der Waals surface area (Å²) in [4.78, 5) is 25.0. The van der Waals surface area contributed by atoms with Crippen molar-refractivity contribution < 1.29 is 23.8 Å². The van der Waals surface area contributed by atoms with Crippen molar-refractivity contribution >= 4 is 11.8 Å². The topological polar surface area (TPSA) is 61.8 Å². The normalized spacial score (nSPS) is 33.4. The fraction of sp³-hybridized carbons (Fsp3) is 0.897. The lowest BCUT2D eigenvalue weighted by Crippen LogP contribution is -2.51. The number of unbranched alkanes of at least 4 members (excludes halogenated alkanes) is 1. The van der Waals surface area contributed by atoms with Crippen molar-refractivity contribution in [1.29, 1.82) is 0 Å². The molecule has 0 aromatic rings. The fourth-order valence-electron chi connectivity index (χ4n) is 10.1. The van der Waals surface area contributed by atoms with Gasteiger partial charge in [0, 0.05) is 33.0 Å². The van der Waals surface area contributed by atoms with Crippen molar-refractivity contribution in [2.24, 2.45) is 46.3 Å². The molecule has 0 spiro atoms. The van der Waals surface area contributed by atoms with Crippen LogP contribution in [0.2, 0.25) is 0 Å². The lowest BCUT2D eigenvalue weighted by atomic mass is 9.47. The minimum atomic E-state index is -0.202. The second-order valence-electron chi connectivity index (χ2n) is 15.7. The monoisotopic (exact) mass is 617 g/mol. The number of hydrogen-bond donors (Lipinski definition) is 0. The van der Waals surface area contributed by atoms with Crippen LogP contribution in [0.3, 0.4) is 0 Å². The van der Waals surface area contributed by atoms with Gasteiger partial charge in [0.1, 0.15) is 11.9 Å². The maximum absolute atomic E-state index is 12.7. The van der Waals surface area contributed by atoms with Crippen molar-refractivity contribution in [2.75, 3.05) is 26.9 Å². The van der Waals surface area contributed by atoms with E-state index in [1.165, 1.54) is 51.4 Å². The molecule has 0 aromatic carbocycles. The van der Waals surface area contributed by atoms with Gasteiger partial charge in [-0.2, -0.15) is 0 Å². The molecule has 4 rings (SSSR count). The summed E-state index contributed by atoms with van der Waals surface area (Å²) in [6.45, 7) is 14.3. The molecular formula is C39H68O5.